The molecule has 0 unspecified atom stereocenters. The molecule has 6 nitrogen and oxygen atoms in total. The second-order valence-electron chi connectivity index (χ2n) is 1.88. The predicted octanol–water partition coefficient (Wildman–Crippen LogP) is -0.824. The smallest absolute Gasteiger partial charge is 0.352 e. The van der Waals surface area contributed by atoms with Gasteiger partial charge >= 0.3 is 11.9 Å². The topological polar surface area (TPSA) is 104 Å². The molecule has 0 aromatic heterocycles. The van der Waals surface area contributed by atoms with Gasteiger partial charge < -0.3 is 15.5 Å². The van der Waals surface area contributed by atoms with Crippen LogP contribution in [0.4, 0.5) is 0 Å². The third-order valence-corrected chi connectivity index (χ3v) is 0.809. The quantitative estimate of drug-likeness (QED) is 0.483. The number of rotatable bonds is 3. The molecule has 0 aromatic carbocycles. The number of aliphatic carboxylic acids is 2. The molecule has 66 valence electrons. The van der Waals surface area contributed by atoms with Crippen LogP contribution in [0.3, 0.4) is 0 Å². The Morgan fingerprint density at radius 1 is 1.25 bits per heavy atom. The van der Waals surface area contributed by atoms with Crippen molar-refractivity contribution in [2.24, 2.45) is 0 Å². The Bertz CT molecular complexity index is 255. The van der Waals surface area contributed by atoms with Crippen molar-refractivity contribution in [2.75, 3.05) is 0 Å². The summed E-state index contributed by atoms with van der Waals surface area (Å²) in [5.74, 6) is -3.56. The molecule has 0 rings (SSSR count). The lowest BCUT2D eigenvalue weighted by atomic mass is 10.4. The molecule has 1 amide bonds. The van der Waals surface area contributed by atoms with E-state index in [1.54, 1.807) is 0 Å². The van der Waals surface area contributed by atoms with Gasteiger partial charge in [0, 0.05) is 6.92 Å². The maximum absolute atomic E-state index is 10.3. The maximum Gasteiger partial charge on any atom is 0.352 e. The lowest BCUT2D eigenvalue weighted by Crippen LogP contribution is -2.25. The van der Waals surface area contributed by atoms with Crippen LogP contribution in [0.25, 0.3) is 0 Å². The van der Waals surface area contributed by atoms with Gasteiger partial charge in [0.1, 0.15) is 5.70 Å². The number of carboxylic acids is 2. The van der Waals surface area contributed by atoms with Crippen LogP contribution < -0.4 is 5.32 Å². The minimum Gasteiger partial charge on any atom is -0.478 e. The van der Waals surface area contributed by atoms with Crippen LogP contribution in [-0.4, -0.2) is 28.1 Å². The number of carboxylic acid groups (broad SMARTS) is 2. The summed E-state index contributed by atoms with van der Waals surface area (Å²) in [6.45, 7) is 1.08. The summed E-state index contributed by atoms with van der Waals surface area (Å²) < 4.78 is 0. The van der Waals surface area contributed by atoms with Gasteiger partial charge in [-0.05, 0) is 0 Å². The monoisotopic (exact) mass is 173 g/mol. The van der Waals surface area contributed by atoms with Crippen molar-refractivity contribution in [3.8, 4) is 0 Å². The molecular formula is C6H7NO5. The van der Waals surface area contributed by atoms with Crippen LogP contribution >= 0.6 is 0 Å². The molecule has 0 bridgehead atoms. The van der Waals surface area contributed by atoms with Crippen molar-refractivity contribution in [3.05, 3.63) is 11.8 Å². The molecule has 0 spiro atoms. The van der Waals surface area contributed by atoms with Gasteiger partial charge in [-0.25, -0.2) is 9.59 Å². The summed E-state index contributed by atoms with van der Waals surface area (Å²) in [7, 11) is 0. The number of carbonyl (C=O) groups excluding carboxylic acids is 1. The van der Waals surface area contributed by atoms with Crippen molar-refractivity contribution in [1.82, 2.24) is 5.32 Å². The fourth-order valence-electron chi connectivity index (χ4n) is 0.464. The Balaban J connectivity index is 4.55. The summed E-state index contributed by atoms with van der Waals surface area (Å²) in [6.07, 6.45) is 0.406. The highest BCUT2D eigenvalue weighted by molar-refractivity contribution is 5.97. The molecule has 3 N–H and O–H groups in total. The molecule has 0 aromatic rings. The summed E-state index contributed by atoms with van der Waals surface area (Å²) in [5.41, 5.74) is -0.657. The molecule has 0 saturated carbocycles. The van der Waals surface area contributed by atoms with E-state index >= 15 is 0 Å². The number of hydrogen-bond donors (Lipinski definition) is 3. The second kappa shape index (κ2) is 4.12. The highest BCUT2D eigenvalue weighted by atomic mass is 16.4. The van der Waals surface area contributed by atoms with Crippen LogP contribution in [-0.2, 0) is 14.4 Å². The first-order valence-corrected chi connectivity index (χ1v) is 2.89. The molecular weight excluding hydrogens is 166 g/mol. The zero-order valence-corrected chi connectivity index (χ0v) is 6.20. The Morgan fingerprint density at radius 2 is 1.75 bits per heavy atom. The predicted molar refractivity (Wildman–Crippen MR) is 37.2 cm³/mol. The third-order valence-electron chi connectivity index (χ3n) is 0.809. The Labute approximate surface area is 67.5 Å². The summed E-state index contributed by atoms with van der Waals surface area (Å²) in [6, 6.07) is 0. The minimum absolute atomic E-state index is 0.406. The van der Waals surface area contributed by atoms with Gasteiger partial charge in [-0.2, -0.15) is 0 Å². The standard InChI is InChI=1S/C6H7NO5/c1-3(8)7-4(6(11)12)2-5(9)10/h2H,1H3,(H,7,8)(H,9,10)(H,11,12)/b4-2+. The lowest BCUT2D eigenvalue weighted by Gasteiger charge is -1.99. The lowest BCUT2D eigenvalue weighted by molar-refractivity contribution is -0.136. The first kappa shape index (κ1) is 10.2. The molecule has 0 aliphatic rings. The van der Waals surface area contributed by atoms with Crippen molar-refractivity contribution in [3.63, 3.8) is 0 Å². The molecule has 0 saturated heterocycles. The van der Waals surface area contributed by atoms with E-state index in [9.17, 15) is 14.4 Å². The number of amides is 1. The Morgan fingerprint density at radius 3 is 2.00 bits per heavy atom. The van der Waals surface area contributed by atoms with Gasteiger partial charge in [0.25, 0.3) is 0 Å². The van der Waals surface area contributed by atoms with E-state index in [0.29, 0.717) is 6.08 Å². The van der Waals surface area contributed by atoms with Gasteiger partial charge in [0.15, 0.2) is 0 Å². The largest absolute Gasteiger partial charge is 0.478 e. The molecule has 6 heteroatoms. The normalized spacial score (nSPS) is 10.6. The highest BCUT2D eigenvalue weighted by Crippen LogP contribution is 1.88. The Hall–Kier alpha value is -1.85. The van der Waals surface area contributed by atoms with Crippen molar-refractivity contribution in [2.45, 2.75) is 6.92 Å². The molecule has 0 aliphatic carbocycles. The van der Waals surface area contributed by atoms with Gasteiger partial charge in [-0.15, -0.1) is 0 Å². The molecule has 12 heavy (non-hydrogen) atoms. The van der Waals surface area contributed by atoms with Gasteiger partial charge in [0.2, 0.25) is 5.91 Å². The molecule has 0 radical (unpaired) electrons. The summed E-state index contributed by atoms with van der Waals surface area (Å²) in [5, 5.41) is 18.3. The van der Waals surface area contributed by atoms with E-state index < -0.39 is 23.5 Å². The fraction of sp³-hybridized carbons (Fsp3) is 0.167. The summed E-state index contributed by atoms with van der Waals surface area (Å²) in [4.78, 5) is 30.6. The average molecular weight is 173 g/mol. The Kier molecular flexibility index (Phi) is 3.48. The van der Waals surface area contributed by atoms with E-state index in [1.165, 1.54) is 0 Å². The van der Waals surface area contributed by atoms with Gasteiger partial charge in [0.05, 0.1) is 6.08 Å². The van der Waals surface area contributed by atoms with Crippen LogP contribution in [0.2, 0.25) is 0 Å². The third kappa shape index (κ3) is 4.04. The van der Waals surface area contributed by atoms with Crippen LogP contribution in [0.5, 0.6) is 0 Å². The van der Waals surface area contributed by atoms with Gasteiger partial charge in [-0.3, -0.25) is 4.79 Å². The van der Waals surface area contributed by atoms with Crippen molar-refractivity contribution >= 4 is 17.8 Å². The molecule has 0 aliphatic heterocycles. The maximum atomic E-state index is 10.3. The second-order valence-corrected chi connectivity index (χ2v) is 1.88. The van der Waals surface area contributed by atoms with Crippen LogP contribution in [0.1, 0.15) is 6.92 Å². The first-order valence-electron chi connectivity index (χ1n) is 2.89. The molecule has 0 fully saturated rings. The number of hydrogen-bond acceptors (Lipinski definition) is 3. The highest BCUT2D eigenvalue weighted by Gasteiger charge is 2.09. The minimum atomic E-state index is -1.49. The van der Waals surface area contributed by atoms with Crippen LogP contribution in [0.15, 0.2) is 11.8 Å². The first-order chi connectivity index (χ1) is 5.43. The average Bonchev–Trinajstić information content (AvgIpc) is 1.83. The van der Waals surface area contributed by atoms with E-state index in [4.69, 9.17) is 10.2 Å². The summed E-state index contributed by atoms with van der Waals surface area (Å²) >= 11 is 0. The molecule has 0 heterocycles. The number of nitrogens with one attached hydrogen (secondary N) is 1. The SMILES string of the molecule is CC(=O)N/C(=C/C(=O)O)C(=O)O. The van der Waals surface area contributed by atoms with Crippen molar-refractivity contribution < 1.29 is 24.6 Å². The van der Waals surface area contributed by atoms with Gasteiger partial charge in [-0.1, -0.05) is 0 Å². The van der Waals surface area contributed by atoms with E-state index in [1.807, 2.05) is 5.32 Å². The van der Waals surface area contributed by atoms with E-state index in [2.05, 4.69) is 0 Å². The number of carbonyl (C=O) groups is 3. The molecule has 0 atom stereocenters. The zero-order chi connectivity index (χ0) is 9.72. The zero-order valence-electron chi connectivity index (χ0n) is 6.20. The van der Waals surface area contributed by atoms with E-state index in [-0.39, 0.29) is 0 Å². The van der Waals surface area contributed by atoms with Crippen molar-refractivity contribution in [1.29, 1.82) is 0 Å². The fourth-order valence-corrected chi connectivity index (χ4v) is 0.464. The van der Waals surface area contributed by atoms with Crippen LogP contribution in [0, 0.1) is 0 Å². The van der Waals surface area contributed by atoms with E-state index in [0.717, 1.165) is 6.92 Å².